The molecule has 0 aromatic heterocycles. The highest BCUT2D eigenvalue weighted by atomic mass is 16.2. The van der Waals surface area contributed by atoms with Crippen LogP contribution in [0.25, 0.3) is 0 Å². The van der Waals surface area contributed by atoms with Gasteiger partial charge in [-0.2, -0.15) is 0 Å². The Hall–Kier alpha value is -0.610. The first-order valence-corrected chi connectivity index (χ1v) is 8.10. The Labute approximate surface area is 124 Å². The van der Waals surface area contributed by atoms with Crippen LogP contribution in [0.5, 0.6) is 0 Å². The maximum Gasteiger partial charge on any atom is 0.227 e. The first-order valence-electron chi connectivity index (χ1n) is 8.10. The van der Waals surface area contributed by atoms with Crippen molar-refractivity contribution in [1.29, 1.82) is 0 Å². The summed E-state index contributed by atoms with van der Waals surface area (Å²) in [7, 11) is 4.22. The molecule has 1 aliphatic heterocycles. The fourth-order valence-corrected chi connectivity index (χ4v) is 3.26. The van der Waals surface area contributed by atoms with Crippen molar-refractivity contribution in [3.63, 3.8) is 0 Å². The molecule has 1 saturated heterocycles. The molecule has 1 amide bonds. The predicted octanol–water partition coefficient (Wildman–Crippen LogP) is 1.86. The topological polar surface area (TPSA) is 44.4 Å². The largest absolute Gasteiger partial charge is 0.354 e. The molecule has 0 radical (unpaired) electrons. The molecule has 0 spiro atoms. The van der Waals surface area contributed by atoms with Gasteiger partial charge in [0.1, 0.15) is 0 Å². The zero-order valence-electron chi connectivity index (χ0n) is 14.0. The van der Waals surface area contributed by atoms with Gasteiger partial charge in [0.15, 0.2) is 0 Å². The number of carbonyl (C=O) groups excluding carboxylic acids is 1. The number of nitrogens with zero attached hydrogens (tertiary/aromatic N) is 1. The van der Waals surface area contributed by atoms with Crippen molar-refractivity contribution in [2.45, 2.75) is 52.5 Å². The number of hydrogen-bond acceptors (Lipinski definition) is 3. The molecule has 0 aromatic carbocycles. The van der Waals surface area contributed by atoms with Gasteiger partial charge in [0, 0.05) is 19.1 Å². The maximum atomic E-state index is 12.5. The molecule has 2 N–H and O–H groups in total. The molecule has 0 bridgehead atoms. The third kappa shape index (κ3) is 4.45. The number of nitrogens with one attached hydrogen (secondary N) is 2. The second-order valence-corrected chi connectivity index (χ2v) is 6.66. The molecule has 4 heteroatoms. The first kappa shape index (κ1) is 17.4. The monoisotopic (exact) mass is 283 g/mol. The highest BCUT2D eigenvalue weighted by Gasteiger charge is 2.35. The quantitative estimate of drug-likeness (QED) is 0.749. The third-order valence-electron chi connectivity index (χ3n) is 4.87. The van der Waals surface area contributed by atoms with E-state index < -0.39 is 0 Å². The number of piperidine rings is 1. The lowest BCUT2D eigenvalue weighted by atomic mass is 9.81. The molecule has 118 valence electrons. The van der Waals surface area contributed by atoms with Crippen LogP contribution in [-0.4, -0.2) is 50.6 Å². The Bertz CT molecular complexity index is 294. The zero-order chi connectivity index (χ0) is 15.2. The normalized spacial score (nSPS) is 24.9. The van der Waals surface area contributed by atoms with Crippen LogP contribution in [0.4, 0.5) is 0 Å². The number of hydrogen-bond donors (Lipinski definition) is 2. The van der Waals surface area contributed by atoms with Gasteiger partial charge in [-0.25, -0.2) is 0 Å². The summed E-state index contributed by atoms with van der Waals surface area (Å²) in [5.41, 5.74) is -0.233. The lowest BCUT2D eigenvalue weighted by Gasteiger charge is -2.35. The van der Waals surface area contributed by atoms with E-state index in [0.717, 1.165) is 45.3 Å². The Morgan fingerprint density at radius 3 is 2.45 bits per heavy atom. The first-order chi connectivity index (χ1) is 9.44. The average Bonchev–Trinajstić information content (AvgIpc) is 2.43. The minimum Gasteiger partial charge on any atom is -0.354 e. The van der Waals surface area contributed by atoms with Crippen molar-refractivity contribution < 1.29 is 4.79 Å². The Morgan fingerprint density at radius 1 is 1.35 bits per heavy atom. The molecule has 2 unspecified atom stereocenters. The van der Waals surface area contributed by atoms with Gasteiger partial charge >= 0.3 is 0 Å². The average molecular weight is 283 g/mol. The van der Waals surface area contributed by atoms with E-state index in [4.69, 9.17) is 0 Å². The number of rotatable bonds is 7. The van der Waals surface area contributed by atoms with E-state index in [1.165, 1.54) is 0 Å². The smallest absolute Gasteiger partial charge is 0.227 e. The van der Waals surface area contributed by atoms with Crippen LogP contribution in [0, 0.1) is 11.3 Å². The minimum atomic E-state index is -0.233. The van der Waals surface area contributed by atoms with Crippen molar-refractivity contribution in [2.75, 3.05) is 33.7 Å². The highest BCUT2D eigenvalue weighted by Crippen LogP contribution is 2.25. The van der Waals surface area contributed by atoms with Gasteiger partial charge in [0.05, 0.1) is 5.41 Å². The van der Waals surface area contributed by atoms with Crippen LogP contribution in [-0.2, 0) is 4.79 Å². The predicted molar refractivity (Wildman–Crippen MR) is 84.8 cm³/mol. The van der Waals surface area contributed by atoms with E-state index in [0.29, 0.717) is 12.0 Å². The number of amides is 1. The van der Waals surface area contributed by atoms with Crippen LogP contribution in [0.1, 0.15) is 46.5 Å². The summed E-state index contributed by atoms with van der Waals surface area (Å²) in [6.45, 7) is 9.15. The van der Waals surface area contributed by atoms with Gasteiger partial charge in [-0.05, 0) is 46.3 Å². The molecule has 20 heavy (non-hydrogen) atoms. The summed E-state index contributed by atoms with van der Waals surface area (Å²) < 4.78 is 0. The van der Waals surface area contributed by atoms with E-state index in [2.05, 4.69) is 50.4 Å². The third-order valence-corrected chi connectivity index (χ3v) is 4.87. The molecule has 0 aromatic rings. The number of likely N-dealkylation sites (N-methyl/N-ethyl adjacent to an activating group) is 1. The van der Waals surface area contributed by atoms with Crippen LogP contribution in [0.2, 0.25) is 0 Å². The number of carbonyl (C=O) groups is 1. The summed E-state index contributed by atoms with van der Waals surface area (Å²) in [6.07, 6.45) is 4.40. The Morgan fingerprint density at radius 2 is 2.00 bits per heavy atom. The fourth-order valence-electron chi connectivity index (χ4n) is 3.26. The van der Waals surface area contributed by atoms with Crippen molar-refractivity contribution in [3.8, 4) is 0 Å². The molecule has 0 aliphatic carbocycles. The van der Waals surface area contributed by atoms with Crippen LogP contribution in [0.3, 0.4) is 0 Å². The molecule has 4 nitrogen and oxygen atoms in total. The van der Waals surface area contributed by atoms with Gasteiger partial charge in [-0.1, -0.05) is 26.7 Å². The Kier molecular flexibility index (Phi) is 6.96. The lowest BCUT2D eigenvalue weighted by molar-refractivity contribution is -0.131. The molecule has 1 heterocycles. The standard InChI is InChI=1S/C16H33N3O/c1-6-13(7-2)14(19(4)5)11-18-15(20)16(3)9-8-10-17-12-16/h13-14,17H,6-12H2,1-5H3,(H,18,20). The van der Waals surface area contributed by atoms with Gasteiger partial charge in [0.2, 0.25) is 5.91 Å². The second kappa shape index (κ2) is 7.99. The van der Waals surface area contributed by atoms with E-state index in [-0.39, 0.29) is 11.3 Å². The lowest BCUT2D eigenvalue weighted by Crippen LogP contribution is -2.52. The molecule has 1 fully saturated rings. The van der Waals surface area contributed by atoms with Gasteiger partial charge in [-0.15, -0.1) is 0 Å². The fraction of sp³-hybridized carbons (Fsp3) is 0.938. The van der Waals surface area contributed by atoms with Crippen LogP contribution < -0.4 is 10.6 Å². The zero-order valence-corrected chi connectivity index (χ0v) is 14.0. The highest BCUT2D eigenvalue weighted by molar-refractivity contribution is 5.82. The summed E-state index contributed by atoms with van der Waals surface area (Å²) in [5.74, 6) is 0.852. The second-order valence-electron chi connectivity index (χ2n) is 6.66. The van der Waals surface area contributed by atoms with Crippen molar-refractivity contribution in [1.82, 2.24) is 15.5 Å². The SMILES string of the molecule is CCC(CC)C(CNC(=O)C1(C)CCCNC1)N(C)C. The summed E-state index contributed by atoms with van der Waals surface area (Å²) >= 11 is 0. The summed E-state index contributed by atoms with van der Waals surface area (Å²) in [4.78, 5) is 14.7. The van der Waals surface area contributed by atoms with Crippen molar-refractivity contribution in [2.24, 2.45) is 11.3 Å². The molecule has 2 atom stereocenters. The summed E-state index contributed by atoms with van der Waals surface area (Å²) in [6, 6.07) is 0.425. The van der Waals surface area contributed by atoms with Crippen molar-refractivity contribution in [3.05, 3.63) is 0 Å². The molecule has 1 aliphatic rings. The molecule has 1 rings (SSSR count). The molecular formula is C16H33N3O. The van der Waals surface area contributed by atoms with Crippen LogP contribution in [0.15, 0.2) is 0 Å². The molecular weight excluding hydrogens is 250 g/mol. The van der Waals surface area contributed by atoms with Crippen LogP contribution >= 0.6 is 0 Å². The minimum absolute atomic E-state index is 0.211. The Balaban J connectivity index is 2.56. The van der Waals surface area contributed by atoms with Gasteiger partial charge < -0.3 is 15.5 Å². The summed E-state index contributed by atoms with van der Waals surface area (Å²) in [5, 5.41) is 6.54. The van der Waals surface area contributed by atoms with Gasteiger partial charge in [0.25, 0.3) is 0 Å². The van der Waals surface area contributed by atoms with Crippen molar-refractivity contribution >= 4 is 5.91 Å². The van der Waals surface area contributed by atoms with E-state index >= 15 is 0 Å². The van der Waals surface area contributed by atoms with E-state index in [1.54, 1.807) is 0 Å². The van der Waals surface area contributed by atoms with Gasteiger partial charge in [-0.3, -0.25) is 4.79 Å². The van der Waals surface area contributed by atoms with E-state index in [9.17, 15) is 4.79 Å². The maximum absolute atomic E-state index is 12.5. The molecule has 0 saturated carbocycles. The van der Waals surface area contributed by atoms with E-state index in [1.807, 2.05) is 0 Å².